The Morgan fingerprint density at radius 2 is 2.41 bits per heavy atom. The van der Waals surface area contributed by atoms with Crippen LogP contribution in [0.25, 0.3) is 0 Å². The summed E-state index contributed by atoms with van der Waals surface area (Å²) in [6.45, 7) is 1.85. The van der Waals surface area contributed by atoms with Crippen LogP contribution in [-0.4, -0.2) is 30.6 Å². The van der Waals surface area contributed by atoms with Gasteiger partial charge in [-0.25, -0.2) is 0 Å². The number of halogens is 1. The van der Waals surface area contributed by atoms with Gasteiger partial charge in [0.05, 0.1) is 17.2 Å². The first-order valence-corrected chi connectivity index (χ1v) is 6.10. The minimum Gasteiger partial charge on any atom is -0.379 e. The van der Waals surface area contributed by atoms with Crippen molar-refractivity contribution in [1.82, 2.24) is 10.3 Å². The summed E-state index contributed by atoms with van der Waals surface area (Å²) in [6, 6.07) is 1.60. The van der Waals surface area contributed by atoms with Gasteiger partial charge in [0.1, 0.15) is 0 Å². The van der Waals surface area contributed by atoms with Crippen LogP contribution in [0.4, 0.5) is 0 Å². The monoisotopic (exact) mass is 254 g/mol. The number of ether oxygens (including phenoxy) is 1. The van der Waals surface area contributed by atoms with Gasteiger partial charge in [-0.3, -0.25) is 9.78 Å². The third-order valence-electron chi connectivity index (χ3n) is 2.59. The van der Waals surface area contributed by atoms with Crippen LogP contribution in [-0.2, 0) is 4.74 Å². The van der Waals surface area contributed by atoms with E-state index in [1.807, 2.05) is 0 Å². The molecule has 0 aromatic carbocycles. The zero-order valence-electron chi connectivity index (χ0n) is 9.49. The molecule has 1 aliphatic carbocycles. The van der Waals surface area contributed by atoms with Crippen LogP contribution in [0.3, 0.4) is 0 Å². The quantitative estimate of drug-likeness (QED) is 0.789. The highest BCUT2D eigenvalue weighted by atomic mass is 35.5. The number of carbonyl (C=O) groups is 1. The van der Waals surface area contributed by atoms with Crippen molar-refractivity contribution >= 4 is 17.5 Å². The number of amides is 1. The summed E-state index contributed by atoms with van der Waals surface area (Å²) in [5, 5.41) is 3.16. The van der Waals surface area contributed by atoms with E-state index in [0.717, 1.165) is 12.5 Å². The predicted molar refractivity (Wildman–Crippen MR) is 65.1 cm³/mol. The van der Waals surface area contributed by atoms with Gasteiger partial charge in [-0.2, -0.15) is 0 Å². The van der Waals surface area contributed by atoms with Crippen molar-refractivity contribution in [3.63, 3.8) is 0 Å². The molecule has 1 fully saturated rings. The molecule has 1 aromatic heterocycles. The van der Waals surface area contributed by atoms with Gasteiger partial charge in [-0.1, -0.05) is 11.6 Å². The molecular formula is C12H15ClN2O2. The number of hydrogen-bond donors (Lipinski definition) is 1. The van der Waals surface area contributed by atoms with Crippen LogP contribution in [0.1, 0.15) is 23.2 Å². The largest absolute Gasteiger partial charge is 0.379 e. The molecule has 1 N–H and O–H groups in total. The van der Waals surface area contributed by atoms with Crippen LogP contribution in [0, 0.1) is 5.92 Å². The van der Waals surface area contributed by atoms with Gasteiger partial charge in [0.2, 0.25) is 0 Å². The fourth-order valence-corrected chi connectivity index (χ4v) is 1.60. The second-order valence-electron chi connectivity index (χ2n) is 4.13. The Morgan fingerprint density at radius 1 is 1.59 bits per heavy atom. The van der Waals surface area contributed by atoms with Gasteiger partial charge in [0.15, 0.2) is 0 Å². The average molecular weight is 255 g/mol. The molecular weight excluding hydrogens is 240 g/mol. The molecule has 1 aliphatic rings. The Hall–Kier alpha value is -1.13. The molecule has 0 bridgehead atoms. The van der Waals surface area contributed by atoms with Crippen molar-refractivity contribution in [2.75, 3.05) is 19.8 Å². The SMILES string of the molecule is O=C(NCCOCC1CC1)c1cnccc1Cl. The van der Waals surface area contributed by atoms with Gasteiger partial charge in [0.25, 0.3) is 5.91 Å². The third kappa shape index (κ3) is 3.98. The smallest absolute Gasteiger partial charge is 0.254 e. The maximum absolute atomic E-state index is 11.7. The lowest BCUT2D eigenvalue weighted by Gasteiger charge is -2.06. The molecule has 5 heteroatoms. The Balaban J connectivity index is 1.67. The number of carbonyl (C=O) groups excluding carboxylic acids is 1. The fourth-order valence-electron chi connectivity index (χ4n) is 1.41. The van der Waals surface area contributed by atoms with Crippen LogP contribution >= 0.6 is 11.6 Å². The van der Waals surface area contributed by atoms with Crippen LogP contribution in [0.15, 0.2) is 18.5 Å². The number of hydrogen-bond acceptors (Lipinski definition) is 3. The zero-order chi connectivity index (χ0) is 12.1. The normalized spacial score (nSPS) is 14.6. The van der Waals surface area contributed by atoms with Crippen molar-refractivity contribution < 1.29 is 9.53 Å². The van der Waals surface area contributed by atoms with Crippen molar-refractivity contribution in [2.45, 2.75) is 12.8 Å². The number of pyridine rings is 1. The van der Waals surface area contributed by atoms with Gasteiger partial charge in [-0.05, 0) is 24.8 Å². The third-order valence-corrected chi connectivity index (χ3v) is 2.92. The average Bonchev–Trinajstić information content (AvgIpc) is 3.13. The predicted octanol–water partition coefficient (Wildman–Crippen LogP) is 1.89. The van der Waals surface area contributed by atoms with E-state index in [1.54, 1.807) is 12.3 Å². The van der Waals surface area contributed by atoms with E-state index in [2.05, 4.69) is 10.3 Å². The Kier molecular flexibility index (Phi) is 4.34. The summed E-state index contributed by atoms with van der Waals surface area (Å²) in [5.74, 6) is 0.539. The molecule has 4 nitrogen and oxygen atoms in total. The first-order valence-electron chi connectivity index (χ1n) is 5.73. The van der Waals surface area contributed by atoms with Crippen molar-refractivity contribution in [3.05, 3.63) is 29.0 Å². The molecule has 0 saturated heterocycles. The standard InChI is InChI=1S/C12H15ClN2O2/c13-11-3-4-14-7-10(11)12(16)15-5-6-17-8-9-1-2-9/h3-4,7,9H,1-2,5-6,8H2,(H,15,16). The van der Waals surface area contributed by atoms with E-state index in [4.69, 9.17) is 16.3 Å². The lowest BCUT2D eigenvalue weighted by molar-refractivity contribution is 0.0906. The minimum absolute atomic E-state index is 0.210. The second-order valence-corrected chi connectivity index (χ2v) is 4.54. The Morgan fingerprint density at radius 3 is 3.12 bits per heavy atom. The van der Waals surface area contributed by atoms with Crippen LogP contribution < -0.4 is 5.32 Å². The first kappa shape index (κ1) is 12.3. The summed E-state index contributed by atoms with van der Waals surface area (Å²) in [7, 11) is 0. The Labute approximate surface area is 105 Å². The maximum Gasteiger partial charge on any atom is 0.254 e. The fraction of sp³-hybridized carbons (Fsp3) is 0.500. The topological polar surface area (TPSA) is 51.2 Å². The van der Waals surface area contributed by atoms with E-state index in [-0.39, 0.29) is 5.91 Å². The molecule has 1 saturated carbocycles. The molecule has 0 radical (unpaired) electrons. The first-order chi connectivity index (χ1) is 8.27. The van der Waals surface area contributed by atoms with Crippen molar-refractivity contribution in [1.29, 1.82) is 0 Å². The molecule has 1 aromatic rings. The highest BCUT2D eigenvalue weighted by molar-refractivity contribution is 6.33. The number of rotatable bonds is 6. The number of aromatic nitrogens is 1. The van der Waals surface area contributed by atoms with E-state index in [0.29, 0.717) is 23.7 Å². The molecule has 0 unspecified atom stereocenters. The molecule has 17 heavy (non-hydrogen) atoms. The van der Waals surface area contributed by atoms with Gasteiger partial charge in [-0.15, -0.1) is 0 Å². The molecule has 92 valence electrons. The lowest BCUT2D eigenvalue weighted by atomic mass is 10.2. The number of nitrogens with zero attached hydrogens (tertiary/aromatic N) is 1. The zero-order valence-corrected chi connectivity index (χ0v) is 10.2. The summed E-state index contributed by atoms with van der Waals surface area (Å²) < 4.78 is 5.41. The number of nitrogens with one attached hydrogen (secondary N) is 1. The van der Waals surface area contributed by atoms with E-state index in [9.17, 15) is 4.79 Å². The molecule has 0 spiro atoms. The Bertz CT molecular complexity index is 394. The van der Waals surface area contributed by atoms with E-state index >= 15 is 0 Å². The van der Waals surface area contributed by atoms with Gasteiger partial charge < -0.3 is 10.1 Å². The van der Waals surface area contributed by atoms with Crippen LogP contribution in [0.5, 0.6) is 0 Å². The highest BCUT2D eigenvalue weighted by Gasteiger charge is 2.20. The molecule has 2 rings (SSSR count). The summed E-state index contributed by atoms with van der Waals surface area (Å²) >= 11 is 5.88. The lowest BCUT2D eigenvalue weighted by Crippen LogP contribution is -2.27. The van der Waals surface area contributed by atoms with Gasteiger partial charge >= 0.3 is 0 Å². The van der Waals surface area contributed by atoms with Crippen LogP contribution in [0.2, 0.25) is 5.02 Å². The summed E-state index contributed by atoms with van der Waals surface area (Å²) in [5.41, 5.74) is 0.399. The molecule has 1 amide bonds. The summed E-state index contributed by atoms with van der Waals surface area (Å²) in [6.07, 6.45) is 5.57. The molecule has 0 atom stereocenters. The molecule has 0 aliphatic heterocycles. The van der Waals surface area contributed by atoms with Crippen molar-refractivity contribution in [3.8, 4) is 0 Å². The van der Waals surface area contributed by atoms with Crippen molar-refractivity contribution in [2.24, 2.45) is 5.92 Å². The summed E-state index contributed by atoms with van der Waals surface area (Å²) in [4.78, 5) is 15.5. The van der Waals surface area contributed by atoms with E-state index < -0.39 is 0 Å². The van der Waals surface area contributed by atoms with E-state index in [1.165, 1.54) is 19.0 Å². The molecule has 1 heterocycles. The highest BCUT2D eigenvalue weighted by Crippen LogP contribution is 2.28. The van der Waals surface area contributed by atoms with Gasteiger partial charge in [0, 0.05) is 25.5 Å². The second kappa shape index (κ2) is 5.98. The minimum atomic E-state index is -0.210. The maximum atomic E-state index is 11.7.